The topological polar surface area (TPSA) is 38.1 Å². The summed E-state index contributed by atoms with van der Waals surface area (Å²) in [4.78, 5) is 14.9. The van der Waals surface area contributed by atoms with Crippen LogP contribution in [0.3, 0.4) is 0 Å². The molecule has 1 aromatic heterocycles. The van der Waals surface area contributed by atoms with Gasteiger partial charge in [-0.15, -0.1) is 0 Å². The third-order valence-electron chi connectivity index (χ3n) is 4.27. The van der Waals surface area contributed by atoms with Gasteiger partial charge in [0.2, 0.25) is 0 Å². The number of nitrogens with zero attached hydrogens (tertiary/aromatic N) is 3. The third-order valence-corrected chi connectivity index (χ3v) is 4.55. The van der Waals surface area contributed by atoms with Gasteiger partial charge >= 0.3 is 0 Å². The van der Waals surface area contributed by atoms with E-state index in [1.54, 1.807) is 10.9 Å². The van der Waals surface area contributed by atoms with Gasteiger partial charge < -0.3 is 4.90 Å². The molecule has 116 valence electrons. The molecule has 3 rings (SSSR count). The number of halogens is 1. The normalized spacial score (nSPS) is 18.0. The molecule has 1 aromatic carbocycles. The summed E-state index contributed by atoms with van der Waals surface area (Å²) in [5.74, 6) is -0.0209. The first-order valence-electron chi connectivity index (χ1n) is 7.70. The van der Waals surface area contributed by atoms with Crippen LogP contribution in [0.1, 0.15) is 47.4 Å². The number of carbonyl (C=O) groups excluding carboxylic acids is 1. The summed E-state index contributed by atoms with van der Waals surface area (Å²) in [6, 6.07) is 8.55. The van der Waals surface area contributed by atoms with Gasteiger partial charge in [0.15, 0.2) is 0 Å². The Kier molecular flexibility index (Phi) is 4.21. The van der Waals surface area contributed by atoms with Crippen molar-refractivity contribution in [3.05, 3.63) is 52.3 Å². The van der Waals surface area contributed by atoms with Crippen LogP contribution in [0.5, 0.6) is 0 Å². The number of amides is 1. The molecule has 1 aliphatic heterocycles. The number of hydrogen-bond donors (Lipinski definition) is 0. The van der Waals surface area contributed by atoms with Crippen molar-refractivity contribution in [1.82, 2.24) is 14.7 Å². The molecular formula is C17H20ClN3O. The van der Waals surface area contributed by atoms with E-state index in [2.05, 4.69) is 36.3 Å². The first-order valence-corrected chi connectivity index (χ1v) is 8.08. The van der Waals surface area contributed by atoms with Crippen molar-refractivity contribution in [3.63, 3.8) is 0 Å². The molecule has 0 spiro atoms. The standard InChI is InChI=1S/C17H20ClN3O/c1-3-21-16(14(18)11-19-21)17(22)20-10-4-5-15(20)13-8-6-12(2)7-9-13/h6-9,11,15H,3-5,10H2,1-2H3/t15-/m1/s1. The Bertz CT molecular complexity index is 678. The van der Waals surface area contributed by atoms with Gasteiger partial charge in [-0.05, 0) is 32.3 Å². The molecule has 1 saturated heterocycles. The van der Waals surface area contributed by atoms with Gasteiger partial charge in [-0.2, -0.15) is 5.10 Å². The maximum Gasteiger partial charge on any atom is 0.274 e. The highest BCUT2D eigenvalue weighted by Gasteiger charge is 2.33. The summed E-state index contributed by atoms with van der Waals surface area (Å²) in [6.07, 6.45) is 3.56. The molecule has 2 heterocycles. The lowest BCUT2D eigenvalue weighted by atomic mass is 10.0. The SMILES string of the molecule is CCn1ncc(Cl)c1C(=O)N1CCC[C@@H]1c1ccc(C)cc1. The molecule has 0 N–H and O–H groups in total. The van der Waals surface area contributed by atoms with Crippen molar-refractivity contribution in [2.24, 2.45) is 0 Å². The van der Waals surface area contributed by atoms with Crippen LogP contribution in [0.4, 0.5) is 0 Å². The van der Waals surface area contributed by atoms with Crippen molar-refractivity contribution < 1.29 is 4.79 Å². The first-order chi connectivity index (χ1) is 10.6. The van der Waals surface area contributed by atoms with Crippen LogP contribution in [0.2, 0.25) is 5.02 Å². The monoisotopic (exact) mass is 317 g/mol. The van der Waals surface area contributed by atoms with Gasteiger partial charge in [-0.3, -0.25) is 9.48 Å². The molecule has 0 radical (unpaired) electrons. The van der Waals surface area contributed by atoms with Gasteiger partial charge in [0.25, 0.3) is 5.91 Å². The molecule has 5 heteroatoms. The zero-order chi connectivity index (χ0) is 15.7. The molecule has 0 bridgehead atoms. The van der Waals surface area contributed by atoms with Crippen LogP contribution in [-0.2, 0) is 6.54 Å². The second-order valence-electron chi connectivity index (χ2n) is 5.72. The fourth-order valence-corrected chi connectivity index (χ4v) is 3.32. The summed E-state index contributed by atoms with van der Waals surface area (Å²) in [5, 5.41) is 4.61. The van der Waals surface area contributed by atoms with Gasteiger partial charge in [0, 0.05) is 13.1 Å². The van der Waals surface area contributed by atoms with E-state index in [9.17, 15) is 4.79 Å². The molecule has 1 fully saturated rings. The van der Waals surface area contributed by atoms with Gasteiger partial charge in [0.05, 0.1) is 17.3 Å². The zero-order valence-corrected chi connectivity index (χ0v) is 13.7. The largest absolute Gasteiger partial charge is 0.330 e. The minimum atomic E-state index is -0.0209. The average molecular weight is 318 g/mol. The number of benzene rings is 1. The number of aromatic nitrogens is 2. The number of likely N-dealkylation sites (tertiary alicyclic amines) is 1. The van der Waals surface area contributed by atoms with Gasteiger partial charge in [-0.1, -0.05) is 41.4 Å². The summed E-state index contributed by atoms with van der Waals surface area (Å²) in [6.45, 7) is 5.43. The Morgan fingerprint density at radius 2 is 2.09 bits per heavy atom. The molecule has 0 unspecified atom stereocenters. The predicted octanol–water partition coefficient (Wildman–Crippen LogP) is 3.84. The number of carbonyl (C=O) groups is 1. The van der Waals surface area contributed by atoms with E-state index in [1.165, 1.54) is 11.1 Å². The minimum Gasteiger partial charge on any atom is -0.330 e. The Morgan fingerprint density at radius 3 is 2.77 bits per heavy atom. The predicted molar refractivity (Wildman–Crippen MR) is 87.1 cm³/mol. The van der Waals surface area contributed by atoms with Crippen LogP contribution in [0.15, 0.2) is 30.5 Å². The zero-order valence-electron chi connectivity index (χ0n) is 12.9. The highest BCUT2D eigenvalue weighted by atomic mass is 35.5. The fraction of sp³-hybridized carbons (Fsp3) is 0.412. The van der Waals surface area contributed by atoms with Crippen LogP contribution in [0, 0.1) is 6.92 Å². The van der Waals surface area contributed by atoms with Crippen molar-refractivity contribution in [2.45, 2.75) is 39.3 Å². The molecule has 1 atom stereocenters. The van der Waals surface area contributed by atoms with Crippen LogP contribution >= 0.6 is 11.6 Å². The smallest absolute Gasteiger partial charge is 0.274 e. The van der Waals surface area contributed by atoms with Crippen LogP contribution in [0.25, 0.3) is 0 Å². The summed E-state index contributed by atoms with van der Waals surface area (Å²) >= 11 is 6.18. The lowest BCUT2D eigenvalue weighted by Gasteiger charge is -2.25. The summed E-state index contributed by atoms with van der Waals surface area (Å²) in [7, 11) is 0. The molecule has 0 saturated carbocycles. The molecule has 22 heavy (non-hydrogen) atoms. The van der Waals surface area contributed by atoms with E-state index in [0.29, 0.717) is 17.3 Å². The molecule has 0 aliphatic carbocycles. The maximum absolute atomic E-state index is 12.9. The van der Waals surface area contributed by atoms with Crippen LogP contribution in [-0.4, -0.2) is 27.1 Å². The van der Waals surface area contributed by atoms with Gasteiger partial charge in [-0.25, -0.2) is 0 Å². The Labute approximate surface area is 135 Å². The van der Waals surface area contributed by atoms with E-state index < -0.39 is 0 Å². The second kappa shape index (κ2) is 6.13. The number of hydrogen-bond acceptors (Lipinski definition) is 2. The van der Waals surface area contributed by atoms with E-state index in [4.69, 9.17) is 11.6 Å². The Balaban J connectivity index is 1.91. The highest BCUT2D eigenvalue weighted by molar-refractivity contribution is 6.33. The average Bonchev–Trinajstić information content (AvgIpc) is 3.14. The molecular weight excluding hydrogens is 298 g/mol. The van der Waals surface area contributed by atoms with E-state index in [0.717, 1.165) is 19.4 Å². The lowest BCUT2D eigenvalue weighted by Crippen LogP contribution is -2.32. The van der Waals surface area contributed by atoms with Crippen LogP contribution < -0.4 is 0 Å². The van der Waals surface area contributed by atoms with Crippen molar-refractivity contribution in [3.8, 4) is 0 Å². The third kappa shape index (κ3) is 2.63. The number of aryl methyl sites for hydroxylation is 2. The first kappa shape index (κ1) is 15.1. The summed E-state index contributed by atoms with van der Waals surface area (Å²) < 4.78 is 1.68. The second-order valence-corrected chi connectivity index (χ2v) is 6.13. The van der Waals surface area contributed by atoms with E-state index >= 15 is 0 Å². The molecule has 1 aliphatic rings. The number of rotatable bonds is 3. The molecule has 4 nitrogen and oxygen atoms in total. The lowest BCUT2D eigenvalue weighted by molar-refractivity contribution is 0.0723. The van der Waals surface area contributed by atoms with Gasteiger partial charge in [0.1, 0.15) is 5.69 Å². The van der Waals surface area contributed by atoms with Crippen molar-refractivity contribution in [1.29, 1.82) is 0 Å². The quantitative estimate of drug-likeness (QED) is 0.862. The van der Waals surface area contributed by atoms with Crippen molar-refractivity contribution >= 4 is 17.5 Å². The molecule has 2 aromatic rings. The fourth-order valence-electron chi connectivity index (χ4n) is 3.10. The molecule has 1 amide bonds. The maximum atomic E-state index is 12.9. The Hall–Kier alpha value is -1.81. The van der Waals surface area contributed by atoms with Crippen molar-refractivity contribution in [2.75, 3.05) is 6.54 Å². The minimum absolute atomic E-state index is 0.0209. The van der Waals surface area contributed by atoms with E-state index in [1.807, 2.05) is 11.8 Å². The highest BCUT2D eigenvalue weighted by Crippen LogP contribution is 2.34. The Morgan fingerprint density at radius 1 is 1.36 bits per heavy atom. The summed E-state index contributed by atoms with van der Waals surface area (Å²) in [5.41, 5.74) is 2.92. The van der Waals surface area contributed by atoms with E-state index in [-0.39, 0.29) is 11.9 Å².